The Bertz CT molecular complexity index is 1470. The van der Waals surface area contributed by atoms with Gasteiger partial charge in [0.05, 0.1) is 23.8 Å². The van der Waals surface area contributed by atoms with E-state index in [2.05, 4.69) is 9.97 Å². The monoisotopic (exact) mass is 468 g/mol. The summed E-state index contributed by atoms with van der Waals surface area (Å²) in [6.07, 6.45) is 3.07. The summed E-state index contributed by atoms with van der Waals surface area (Å²) in [4.78, 5) is 35.3. The van der Waals surface area contributed by atoms with Gasteiger partial charge in [-0.1, -0.05) is 0 Å². The molecule has 1 unspecified atom stereocenters. The number of carbonyl (C=O) groups excluding carboxylic acids is 1. The fourth-order valence-electron chi connectivity index (χ4n) is 4.93. The summed E-state index contributed by atoms with van der Waals surface area (Å²) in [6, 6.07) is 8.17. The number of anilines is 1. The smallest absolute Gasteiger partial charge is 0.274 e. The highest BCUT2D eigenvalue weighted by atomic mass is 35.5. The standard InChI is InChI=1S/C24H21FN4O3.ClH/c1-13-8-20-18(27-23(30)21-11-26-22(29(20)21)15-5-7-32-12-15)10-17(13)24(31)28-6-4-14-9-16(25)2-3-19(14)28;/h2-3,8-11,15H,4-7,12H2,1H3,(H,27,30);1H. The van der Waals surface area contributed by atoms with Crippen molar-refractivity contribution in [3.05, 3.63) is 75.2 Å². The van der Waals surface area contributed by atoms with Crippen molar-refractivity contribution < 1.29 is 13.9 Å². The second-order valence-electron chi connectivity index (χ2n) is 8.52. The normalized spacial score (nSPS) is 17.5. The zero-order valence-electron chi connectivity index (χ0n) is 17.9. The molecular formula is C24H22ClFN4O3. The number of carbonyl (C=O) groups is 1. The average Bonchev–Trinajstić information content (AvgIpc) is 3.52. The maximum absolute atomic E-state index is 13.6. The summed E-state index contributed by atoms with van der Waals surface area (Å²) in [6.45, 7) is 3.65. The molecular weight excluding hydrogens is 447 g/mol. The molecule has 7 nitrogen and oxygen atoms in total. The quantitative estimate of drug-likeness (QED) is 0.486. The molecule has 1 amide bonds. The molecule has 4 aromatic rings. The summed E-state index contributed by atoms with van der Waals surface area (Å²) >= 11 is 0. The number of amides is 1. The predicted octanol–water partition coefficient (Wildman–Crippen LogP) is 3.75. The molecule has 6 rings (SSSR count). The molecule has 1 N–H and O–H groups in total. The number of fused-ring (bicyclic) bond motifs is 4. The van der Waals surface area contributed by atoms with Gasteiger partial charge in [0.25, 0.3) is 11.5 Å². The van der Waals surface area contributed by atoms with Gasteiger partial charge in [0.15, 0.2) is 0 Å². The van der Waals surface area contributed by atoms with Crippen LogP contribution >= 0.6 is 12.4 Å². The number of imidazole rings is 1. The lowest BCUT2D eigenvalue weighted by Gasteiger charge is -2.19. The minimum Gasteiger partial charge on any atom is -0.381 e. The van der Waals surface area contributed by atoms with E-state index in [0.29, 0.717) is 42.8 Å². The topological polar surface area (TPSA) is 79.7 Å². The molecule has 2 aliphatic rings. The highest BCUT2D eigenvalue weighted by molar-refractivity contribution is 6.09. The van der Waals surface area contributed by atoms with Gasteiger partial charge in [-0.15, -0.1) is 12.4 Å². The van der Waals surface area contributed by atoms with Crippen LogP contribution in [-0.4, -0.2) is 40.0 Å². The van der Waals surface area contributed by atoms with Crippen molar-refractivity contribution >= 4 is 40.6 Å². The molecule has 1 atom stereocenters. The summed E-state index contributed by atoms with van der Waals surface area (Å²) in [5.41, 5.74) is 4.48. The molecule has 2 aliphatic heterocycles. The number of aromatic amines is 1. The summed E-state index contributed by atoms with van der Waals surface area (Å²) in [7, 11) is 0. The molecule has 2 aromatic heterocycles. The van der Waals surface area contributed by atoms with Crippen molar-refractivity contribution in [2.75, 3.05) is 24.7 Å². The number of H-pyrrole nitrogens is 1. The Morgan fingerprint density at radius 2 is 2.09 bits per heavy atom. The van der Waals surface area contributed by atoms with Crippen LogP contribution in [0, 0.1) is 12.7 Å². The number of benzene rings is 2. The Labute approximate surface area is 194 Å². The molecule has 170 valence electrons. The highest BCUT2D eigenvalue weighted by Crippen LogP contribution is 2.32. The van der Waals surface area contributed by atoms with Crippen molar-refractivity contribution in [2.24, 2.45) is 0 Å². The minimum absolute atomic E-state index is 0. The molecule has 9 heteroatoms. The average molecular weight is 469 g/mol. The lowest BCUT2D eigenvalue weighted by molar-refractivity contribution is 0.0989. The first-order valence-electron chi connectivity index (χ1n) is 10.7. The van der Waals surface area contributed by atoms with Gasteiger partial charge in [0, 0.05) is 30.3 Å². The first-order chi connectivity index (χ1) is 15.5. The van der Waals surface area contributed by atoms with E-state index in [1.165, 1.54) is 12.1 Å². The van der Waals surface area contributed by atoms with Gasteiger partial charge >= 0.3 is 0 Å². The van der Waals surface area contributed by atoms with Crippen LogP contribution in [0.5, 0.6) is 0 Å². The number of halogens is 2. The Kier molecular flexibility index (Phi) is 5.22. The first-order valence-corrected chi connectivity index (χ1v) is 10.7. The van der Waals surface area contributed by atoms with E-state index in [9.17, 15) is 14.0 Å². The van der Waals surface area contributed by atoms with Gasteiger partial charge in [-0.2, -0.15) is 0 Å². The molecule has 0 aliphatic carbocycles. The molecule has 0 spiro atoms. The van der Waals surface area contributed by atoms with Crippen molar-refractivity contribution in [1.82, 2.24) is 14.4 Å². The summed E-state index contributed by atoms with van der Waals surface area (Å²) < 4.78 is 21.0. The number of aromatic nitrogens is 3. The maximum Gasteiger partial charge on any atom is 0.274 e. The van der Waals surface area contributed by atoms with Crippen LogP contribution in [0.4, 0.5) is 10.1 Å². The van der Waals surface area contributed by atoms with Gasteiger partial charge in [0.1, 0.15) is 17.2 Å². The van der Waals surface area contributed by atoms with Gasteiger partial charge in [-0.3, -0.25) is 14.0 Å². The van der Waals surface area contributed by atoms with Crippen molar-refractivity contribution in [1.29, 1.82) is 0 Å². The minimum atomic E-state index is -0.301. The number of hydrogen-bond donors (Lipinski definition) is 1. The molecule has 0 saturated carbocycles. The van der Waals surface area contributed by atoms with E-state index in [1.807, 2.05) is 17.4 Å². The fraction of sp³-hybridized carbons (Fsp3) is 0.292. The maximum atomic E-state index is 13.6. The zero-order chi connectivity index (χ0) is 22.0. The van der Waals surface area contributed by atoms with E-state index < -0.39 is 0 Å². The van der Waals surface area contributed by atoms with E-state index in [4.69, 9.17) is 4.74 Å². The van der Waals surface area contributed by atoms with Crippen LogP contribution < -0.4 is 10.5 Å². The number of ether oxygens (including phenoxy) is 1. The third-order valence-corrected chi connectivity index (χ3v) is 6.56. The Balaban J connectivity index is 0.00000228. The van der Waals surface area contributed by atoms with Gasteiger partial charge in [0.2, 0.25) is 0 Å². The van der Waals surface area contributed by atoms with Crippen LogP contribution in [0.3, 0.4) is 0 Å². The Morgan fingerprint density at radius 1 is 1.24 bits per heavy atom. The van der Waals surface area contributed by atoms with Crippen molar-refractivity contribution in [3.63, 3.8) is 0 Å². The number of aryl methyl sites for hydroxylation is 1. The third-order valence-electron chi connectivity index (χ3n) is 6.56. The second kappa shape index (κ2) is 7.97. The number of nitrogens with zero attached hydrogens (tertiary/aromatic N) is 3. The van der Waals surface area contributed by atoms with E-state index >= 15 is 0 Å². The molecule has 0 radical (unpaired) electrons. The predicted molar refractivity (Wildman–Crippen MR) is 125 cm³/mol. The van der Waals surface area contributed by atoms with E-state index in [-0.39, 0.29) is 35.6 Å². The Hall–Kier alpha value is -3.23. The van der Waals surface area contributed by atoms with Crippen LogP contribution in [0.15, 0.2) is 41.3 Å². The lowest BCUT2D eigenvalue weighted by atomic mass is 10.0. The molecule has 4 heterocycles. The van der Waals surface area contributed by atoms with E-state index in [1.54, 1.807) is 23.2 Å². The third kappa shape index (κ3) is 3.32. The van der Waals surface area contributed by atoms with Crippen molar-refractivity contribution in [2.45, 2.75) is 25.7 Å². The molecule has 2 aromatic carbocycles. The molecule has 33 heavy (non-hydrogen) atoms. The fourth-order valence-corrected chi connectivity index (χ4v) is 4.93. The van der Waals surface area contributed by atoms with Crippen LogP contribution in [0.1, 0.15) is 39.6 Å². The van der Waals surface area contributed by atoms with Gasteiger partial charge in [-0.05, 0) is 61.2 Å². The zero-order valence-corrected chi connectivity index (χ0v) is 18.7. The highest BCUT2D eigenvalue weighted by Gasteiger charge is 2.28. The number of nitrogens with one attached hydrogen (secondary N) is 1. The summed E-state index contributed by atoms with van der Waals surface area (Å²) in [5.74, 6) is 0.476. The van der Waals surface area contributed by atoms with Gasteiger partial charge < -0.3 is 14.6 Å². The van der Waals surface area contributed by atoms with Gasteiger partial charge in [-0.25, -0.2) is 9.37 Å². The summed E-state index contributed by atoms with van der Waals surface area (Å²) in [5, 5.41) is 0. The molecule has 1 saturated heterocycles. The van der Waals surface area contributed by atoms with Crippen LogP contribution in [0.2, 0.25) is 0 Å². The largest absolute Gasteiger partial charge is 0.381 e. The van der Waals surface area contributed by atoms with Crippen LogP contribution in [0.25, 0.3) is 16.6 Å². The van der Waals surface area contributed by atoms with Crippen molar-refractivity contribution in [3.8, 4) is 0 Å². The second-order valence-corrected chi connectivity index (χ2v) is 8.52. The Morgan fingerprint density at radius 3 is 2.88 bits per heavy atom. The molecule has 1 fully saturated rings. The van der Waals surface area contributed by atoms with Crippen LogP contribution in [-0.2, 0) is 11.2 Å². The van der Waals surface area contributed by atoms with E-state index in [0.717, 1.165) is 34.6 Å². The SMILES string of the molecule is Cc1cc2c(cc1C(=O)N1CCc3cc(F)ccc31)[nH]c(=O)c1cnc(C3CCOC3)n12.Cl. The number of rotatable bonds is 2. The molecule has 0 bridgehead atoms. The first kappa shape index (κ1) is 21.6. The number of hydrogen-bond acceptors (Lipinski definition) is 4. The lowest BCUT2D eigenvalue weighted by Crippen LogP contribution is -2.29.